The van der Waals surface area contributed by atoms with Gasteiger partial charge in [0.15, 0.2) is 0 Å². The Hall–Kier alpha value is 0.107. The molecule has 0 spiro atoms. The molecular weight excluding hydrogens is 230 g/mol. The summed E-state index contributed by atoms with van der Waals surface area (Å²) in [5.41, 5.74) is 7.08. The van der Waals surface area contributed by atoms with Crippen molar-refractivity contribution in [2.45, 2.75) is 70.8 Å². The van der Waals surface area contributed by atoms with E-state index in [1.165, 1.54) is 19.3 Å². The quantitative estimate of drug-likeness (QED) is 0.636. The van der Waals surface area contributed by atoms with E-state index in [-0.39, 0.29) is 0 Å². The molecule has 0 bridgehead atoms. The fourth-order valence-electron chi connectivity index (χ4n) is 1.61. The van der Waals surface area contributed by atoms with E-state index in [0.29, 0.717) is 0 Å². The molecule has 0 aromatic carbocycles. The highest BCUT2D eigenvalue weighted by molar-refractivity contribution is 8.29. The summed E-state index contributed by atoms with van der Waals surface area (Å²) < 4.78 is 0. The molecule has 0 aliphatic heterocycles. The minimum absolute atomic E-state index is 0.806. The Kier molecular flexibility index (Phi) is 8.29. The molecule has 0 saturated carbocycles. The molecule has 1 nitrogen and oxygen atoms in total. The maximum Gasteiger partial charge on any atom is 0.108 e. The first-order valence-electron chi connectivity index (χ1n) is 6.51. The summed E-state index contributed by atoms with van der Waals surface area (Å²) in [6.45, 7) is 11.8. The normalized spacial score (nSPS) is 15.2. The van der Waals surface area contributed by atoms with Crippen LogP contribution in [0.3, 0.4) is 0 Å². The number of unbranched alkanes of at least 4 members (excludes halogenated alkanes) is 1. The summed E-state index contributed by atoms with van der Waals surface area (Å²) >= 11 is 2.22. The predicted molar refractivity (Wildman–Crippen MR) is 81.4 cm³/mol. The molecular formula is C13H29NSSi. The second kappa shape index (κ2) is 8.23. The van der Waals surface area contributed by atoms with E-state index in [4.69, 9.17) is 5.73 Å². The smallest absolute Gasteiger partial charge is 0.108 e. The standard InChI is InChI=1S/C13H29NSSi/c1-6-8-9-12(14)10-11-13(7-2)15-16(3,4)5/h9,13H,6-8,10-11,14H2,1-5H3. The van der Waals surface area contributed by atoms with Gasteiger partial charge in [0.05, 0.1) is 0 Å². The highest BCUT2D eigenvalue weighted by Crippen LogP contribution is 2.30. The van der Waals surface area contributed by atoms with Crippen molar-refractivity contribution < 1.29 is 0 Å². The minimum Gasteiger partial charge on any atom is -0.402 e. The average Bonchev–Trinajstić information content (AvgIpc) is 2.19. The van der Waals surface area contributed by atoms with Crippen LogP contribution >= 0.6 is 11.2 Å². The van der Waals surface area contributed by atoms with E-state index in [2.05, 4.69) is 50.8 Å². The van der Waals surface area contributed by atoms with Gasteiger partial charge in [-0.05, 0) is 30.9 Å². The Bertz CT molecular complexity index is 208. The Labute approximate surface area is 107 Å². The lowest BCUT2D eigenvalue weighted by atomic mass is 10.1. The molecule has 0 radical (unpaired) electrons. The van der Waals surface area contributed by atoms with Crippen LogP contribution in [0.2, 0.25) is 19.6 Å². The lowest BCUT2D eigenvalue weighted by Crippen LogP contribution is -2.20. The van der Waals surface area contributed by atoms with Gasteiger partial charge in [0.25, 0.3) is 0 Å². The van der Waals surface area contributed by atoms with Gasteiger partial charge in [-0.25, -0.2) is 0 Å². The molecule has 3 heteroatoms. The summed E-state index contributed by atoms with van der Waals surface area (Å²) in [5, 5.41) is 0.806. The summed E-state index contributed by atoms with van der Waals surface area (Å²) in [7, 11) is -0.982. The van der Waals surface area contributed by atoms with Crippen LogP contribution in [0.25, 0.3) is 0 Å². The molecule has 0 rings (SSSR count). The van der Waals surface area contributed by atoms with Crippen molar-refractivity contribution in [1.82, 2.24) is 0 Å². The average molecular weight is 260 g/mol. The van der Waals surface area contributed by atoms with E-state index < -0.39 is 7.22 Å². The molecule has 0 aliphatic rings. The third-order valence-electron chi connectivity index (χ3n) is 2.43. The molecule has 1 unspecified atom stereocenters. The molecule has 0 fully saturated rings. The van der Waals surface area contributed by atoms with Gasteiger partial charge in [-0.3, -0.25) is 0 Å². The summed E-state index contributed by atoms with van der Waals surface area (Å²) in [5.74, 6) is 0. The predicted octanol–water partition coefficient (Wildman–Crippen LogP) is 4.76. The Morgan fingerprint density at radius 2 is 1.94 bits per heavy atom. The fourth-order valence-corrected chi connectivity index (χ4v) is 6.86. The Balaban J connectivity index is 3.96. The maximum atomic E-state index is 5.99. The van der Waals surface area contributed by atoms with Crippen LogP contribution in [0, 0.1) is 0 Å². The van der Waals surface area contributed by atoms with Crippen molar-refractivity contribution in [2.24, 2.45) is 5.73 Å². The number of rotatable bonds is 8. The van der Waals surface area contributed by atoms with Crippen LogP contribution in [0.15, 0.2) is 11.8 Å². The highest BCUT2D eigenvalue weighted by atomic mass is 32.4. The molecule has 96 valence electrons. The molecule has 1 atom stereocenters. The van der Waals surface area contributed by atoms with Gasteiger partial charge in [0.2, 0.25) is 0 Å². The molecule has 0 amide bonds. The molecule has 2 N–H and O–H groups in total. The SMILES string of the molecule is CCCC=C(N)CCC(CC)S[Si](C)(C)C. The number of allylic oxidation sites excluding steroid dienone is 2. The fraction of sp³-hybridized carbons (Fsp3) is 0.846. The van der Waals surface area contributed by atoms with Gasteiger partial charge in [-0.2, -0.15) is 11.2 Å². The zero-order valence-corrected chi connectivity index (χ0v) is 13.5. The lowest BCUT2D eigenvalue weighted by molar-refractivity contribution is 0.726. The van der Waals surface area contributed by atoms with Crippen molar-refractivity contribution in [1.29, 1.82) is 0 Å². The largest absolute Gasteiger partial charge is 0.402 e. The van der Waals surface area contributed by atoms with Crippen LogP contribution in [0.4, 0.5) is 0 Å². The Morgan fingerprint density at radius 1 is 1.31 bits per heavy atom. The van der Waals surface area contributed by atoms with Gasteiger partial charge in [0, 0.05) is 5.70 Å². The van der Waals surface area contributed by atoms with Crippen LogP contribution in [-0.2, 0) is 0 Å². The van der Waals surface area contributed by atoms with Crippen LogP contribution in [0.1, 0.15) is 46.0 Å². The topological polar surface area (TPSA) is 26.0 Å². The third kappa shape index (κ3) is 9.34. The first kappa shape index (κ1) is 16.1. The molecule has 0 aromatic rings. The van der Waals surface area contributed by atoms with E-state index >= 15 is 0 Å². The second-order valence-electron chi connectivity index (χ2n) is 5.37. The zero-order chi connectivity index (χ0) is 12.6. The molecule has 16 heavy (non-hydrogen) atoms. The summed E-state index contributed by atoms with van der Waals surface area (Å²) in [4.78, 5) is 0. The number of nitrogens with two attached hydrogens (primary N) is 1. The molecule has 0 aromatic heterocycles. The third-order valence-corrected chi connectivity index (χ3v) is 7.16. The van der Waals surface area contributed by atoms with Crippen molar-refractivity contribution in [2.75, 3.05) is 0 Å². The monoisotopic (exact) mass is 259 g/mol. The van der Waals surface area contributed by atoms with Crippen molar-refractivity contribution in [3.63, 3.8) is 0 Å². The maximum absolute atomic E-state index is 5.99. The second-order valence-corrected chi connectivity index (χ2v) is 14.9. The molecule has 0 heterocycles. The number of hydrogen-bond donors (Lipinski definition) is 1. The van der Waals surface area contributed by atoms with E-state index in [1.54, 1.807) is 0 Å². The van der Waals surface area contributed by atoms with Crippen LogP contribution < -0.4 is 5.73 Å². The van der Waals surface area contributed by atoms with Gasteiger partial charge in [-0.15, -0.1) is 0 Å². The van der Waals surface area contributed by atoms with Gasteiger partial charge in [-0.1, -0.05) is 46.0 Å². The Morgan fingerprint density at radius 3 is 2.38 bits per heavy atom. The van der Waals surface area contributed by atoms with Crippen molar-refractivity contribution >= 4 is 18.4 Å². The van der Waals surface area contributed by atoms with E-state index in [9.17, 15) is 0 Å². The number of hydrogen-bond acceptors (Lipinski definition) is 2. The first-order chi connectivity index (χ1) is 7.39. The summed E-state index contributed by atoms with van der Waals surface area (Å²) in [6, 6.07) is 0. The zero-order valence-electron chi connectivity index (χ0n) is 11.7. The van der Waals surface area contributed by atoms with Gasteiger partial charge in [0.1, 0.15) is 7.22 Å². The van der Waals surface area contributed by atoms with E-state index in [0.717, 1.165) is 23.8 Å². The van der Waals surface area contributed by atoms with Crippen LogP contribution in [0.5, 0.6) is 0 Å². The van der Waals surface area contributed by atoms with E-state index in [1.807, 2.05) is 0 Å². The van der Waals surface area contributed by atoms with Crippen LogP contribution in [-0.4, -0.2) is 12.5 Å². The highest BCUT2D eigenvalue weighted by Gasteiger charge is 2.19. The lowest BCUT2D eigenvalue weighted by Gasteiger charge is -2.23. The van der Waals surface area contributed by atoms with Crippen molar-refractivity contribution in [3.8, 4) is 0 Å². The van der Waals surface area contributed by atoms with Crippen molar-refractivity contribution in [3.05, 3.63) is 11.8 Å². The summed E-state index contributed by atoms with van der Waals surface area (Å²) in [6.07, 6.45) is 8.13. The first-order valence-corrected chi connectivity index (χ1v) is 11.6. The van der Waals surface area contributed by atoms with Gasteiger partial charge >= 0.3 is 0 Å². The molecule has 0 saturated heterocycles. The minimum atomic E-state index is -0.982. The molecule has 0 aliphatic carbocycles. The van der Waals surface area contributed by atoms with Gasteiger partial charge < -0.3 is 5.73 Å².